The third kappa shape index (κ3) is 3.72. The molecule has 152 valence electrons. The number of imide groups is 1. The summed E-state index contributed by atoms with van der Waals surface area (Å²) < 4.78 is 5.23. The first-order valence-electron chi connectivity index (χ1n) is 10.2. The summed E-state index contributed by atoms with van der Waals surface area (Å²) in [6.07, 6.45) is 0.296. The number of aryl methyl sites for hydroxylation is 2. The van der Waals surface area contributed by atoms with Crippen molar-refractivity contribution < 1.29 is 19.2 Å². The fourth-order valence-corrected chi connectivity index (χ4v) is 4.45. The van der Waals surface area contributed by atoms with Crippen LogP contribution in [-0.4, -0.2) is 51.1 Å². The molecule has 0 bridgehead atoms. The van der Waals surface area contributed by atoms with Crippen molar-refractivity contribution in [2.24, 2.45) is 0 Å². The fraction of sp³-hybridized carbons (Fsp3) is 0.391. The van der Waals surface area contributed by atoms with Gasteiger partial charge in [-0.2, -0.15) is 0 Å². The van der Waals surface area contributed by atoms with Gasteiger partial charge >= 0.3 is 0 Å². The monoisotopic (exact) mass is 394 g/mol. The second kappa shape index (κ2) is 7.87. The highest BCUT2D eigenvalue weighted by Gasteiger charge is 2.46. The van der Waals surface area contributed by atoms with Crippen LogP contribution in [0.2, 0.25) is 0 Å². The third-order valence-electron chi connectivity index (χ3n) is 6.08. The Bertz CT molecular complexity index is 917. The van der Waals surface area contributed by atoms with Gasteiger partial charge in [-0.15, -0.1) is 0 Å². The minimum atomic E-state index is -0.277. The van der Waals surface area contributed by atoms with Gasteiger partial charge in [-0.3, -0.25) is 9.59 Å². The Morgan fingerprint density at radius 3 is 2.31 bits per heavy atom. The lowest BCUT2D eigenvalue weighted by Crippen LogP contribution is -3.19. The van der Waals surface area contributed by atoms with Crippen LogP contribution < -0.4 is 19.4 Å². The number of ether oxygens (including phenoxy) is 1. The van der Waals surface area contributed by atoms with Gasteiger partial charge in [-0.1, -0.05) is 17.7 Å². The summed E-state index contributed by atoms with van der Waals surface area (Å²) in [6.45, 7) is 7.38. The van der Waals surface area contributed by atoms with E-state index in [1.807, 2.05) is 44.2 Å². The van der Waals surface area contributed by atoms with Gasteiger partial charge in [-0.25, -0.2) is 4.90 Å². The van der Waals surface area contributed by atoms with Crippen LogP contribution in [0.4, 0.5) is 11.4 Å². The van der Waals surface area contributed by atoms with Gasteiger partial charge < -0.3 is 14.5 Å². The minimum Gasteiger partial charge on any atom is -0.497 e. The van der Waals surface area contributed by atoms with Crippen molar-refractivity contribution in [3.05, 3.63) is 53.6 Å². The van der Waals surface area contributed by atoms with Crippen LogP contribution in [0.15, 0.2) is 42.5 Å². The van der Waals surface area contributed by atoms with E-state index < -0.39 is 0 Å². The van der Waals surface area contributed by atoms with Crippen molar-refractivity contribution in [3.8, 4) is 5.75 Å². The van der Waals surface area contributed by atoms with Gasteiger partial charge in [0.05, 0.1) is 45.4 Å². The van der Waals surface area contributed by atoms with E-state index in [1.54, 1.807) is 7.11 Å². The normalized spacial score (nSPS) is 20.4. The molecule has 2 aliphatic rings. The molecule has 0 aliphatic carbocycles. The quantitative estimate of drug-likeness (QED) is 0.796. The zero-order valence-electron chi connectivity index (χ0n) is 17.3. The number of carbonyl (C=O) groups excluding carboxylic acids is 2. The number of hydrogen-bond acceptors (Lipinski definition) is 4. The first-order valence-corrected chi connectivity index (χ1v) is 10.2. The van der Waals surface area contributed by atoms with Crippen molar-refractivity contribution >= 4 is 23.2 Å². The molecule has 2 heterocycles. The highest BCUT2D eigenvalue weighted by Crippen LogP contribution is 2.26. The zero-order chi connectivity index (χ0) is 20.5. The predicted octanol–water partition coefficient (Wildman–Crippen LogP) is 1.35. The summed E-state index contributed by atoms with van der Waals surface area (Å²) in [7, 11) is 1.67. The number of methoxy groups -OCH3 is 1. The molecule has 1 N–H and O–H groups in total. The number of nitrogens with zero attached hydrogens (tertiary/aromatic N) is 2. The first-order chi connectivity index (χ1) is 14.0. The zero-order valence-corrected chi connectivity index (χ0v) is 17.3. The molecule has 2 aliphatic heterocycles. The molecule has 6 heteroatoms. The van der Waals surface area contributed by atoms with E-state index in [0.717, 1.165) is 54.4 Å². The van der Waals surface area contributed by atoms with Crippen LogP contribution in [0.3, 0.4) is 0 Å². The fourth-order valence-electron chi connectivity index (χ4n) is 4.45. The van der Waals surface area contributed by atoms with E-state index >= 15 is 0 Å². The van der Waals surface area contributed by atoms with E-state index in [9.17, 15) is 9.59 Å². The highest BCUT2D eigenvalue weighted by atomic mass is 16.5. The molecular formula is C23H28N3O3+. The smallest absolute Gasteiger partial charge is 0.292 e. The molecule has 6 nitrogen and oxygen atoms in total. The number of carbonyl (C=O) groups is 2. The van der Waals surface area contributed by atoms with E-state index in [2.05, 4.69) is 17.0 Å². The van der Waals surface area contributed by atoms with E-state index in [4.69, 9.17) is 4.74 Å². The summed E-state index contributed by atoms with van der Waals surface area (Å²) in [4.78, 5) is 30.8. The molecule has 0 spiro atoms. The Morgan fingerprint density at radius 2 is 1.69 bits per heavy atom. The number of piperazine rings is 1. The van der Waals surface area contributed by atoms with Gasteiger partial charge in [-0.05, 0) is 49.7 Å². The molecule has 0 unspecified atom stereocenters. The van der Waals surface area contributed by atoms with Crippen LogP contribution >= 0.6 is 0 Å². The molecular weight excluding hydrogens is 366 g/mol. The SMILES string of the molecule is COc1ccc(N2CC[NH+]([C@H]3CC(=O)N(c4ccc(C)cc4C)C3=O)CC2)cc1. The van der Waals surface area contributed by atoms with Crippen molar-refractivity contribution in [1.82, 2.24) is 0 Å². The Hall–Kier alpha value is -2.86. The molecule has 0 radical (unpaired) electrons. The molecule has 29 heavy (non-hydrogen) atoms. The Kier molecular flexibility index (Phi) is 5.28. The van der Waals surface area contributed by atoms with E-state index in [1.165, 1.54) is 9.80 Å². The molecule has 2 aromatic carbocycles. The maximum atomic E-state index is 13.1. The second-order valence-electron chi connectivity index (χ2n) is 7.96. The molecule has 2 amide bonds. The average molecular weight is 394 g/mol. The van der Waals surface area contributed by atoms with Crippen LogP contribution in [-0.2, 0) is 9.59 Å². The van der Waals surface area contributed by atoms with Gasteiger partial charge in [0, 0.05) is 5.69 Å². The third-order valence-corrected chi connectivity index (χ3v) is 6.08. The number of nitrogens with one attached hydrogen (secondary N) is 1. The van der Waals surface area contributed by atoms with Gasteiger partial charge in [0.25, 0.3) is 5.91 Å². The molecule has 1 atom stereocenters. The van der Waals surface area contributed by atoms with Gasteiger partial charge in [0.15, 0.2) is 6.04 Å². The standard InChI is InChI=1S/C23H27N3O3/c1-16-4-9-20(17(2)14-16)26-22(27)15-21(23(26)28)25-12-10-24(11-13-25)18-5-7-19(29-3)8-6-18/h4-9,14,21H,10-13,15H2,1-3H3/p+1/t21-/m0/s1. The molecule has 0 aromatic heterocycles. The number of amides is 2. The number of anilines is 2. The maximum Gasteiger partial charge on any atom is 0.292 e. The largest absolute Gasteiger partial charge is 0.497 e. The van der Waals surface area contributed by atoms with Gasteiger partial charge in [0.1, 0.15) is 5.75 Å². The molecule has 2 fully saturated rings. The summed E-state index contributed by atoms with van der Waals surface area (Å²) >= 11 is 0. The van der Waals surface area contributed by atoms with Crippen molar-refractivity contribution in [2.45, 2.75) is 26.3 Å². The molecule has 2 saturated heterocycles. The lowest BCUT2D eigenvalue weighted by atomic mass is 10.1. The van der Waals surface area contributed by atoms with Crippen LogP contribution in [0, 0.1) is 13.8 Å². The van der Waals surface area contributed by atoms with Crippen LogP contribution in [0.25, 0.3) is 0 Å². The summed E-state index contributed by atoms with van der Waals surface area (Å²) in [5.41, 5.74) is 3.98. The minimum absolute atomic E-state index is 0.0603. The maximum absolute atomic E-state index is 13.1. The van der Waals surface area contributed by atoms with E-state index in [-0.39, 0.29) is 17.9 Å². The summed E-state index contributed by atoms with van der Waals surface area (Å²) in [6, 6.07) is 13.7. The van der Waals surface area contributed by atoms with E-state index in [0.29, 0.717) is 6.42 Å². The number of hydrogen-bond donors (Lipinski definition) is 1. The topological polar surface area (TPSA) is 54.3 Å². The number of rotatable bonds is 4. The highest BCUT2D eigenvalue weighted by molar-refractivity contribution is 6.22. The summed E-state index contributed by atoms with van der Waals surface area (Å²) in [5, 5.41) is 0. The van der Waals surface area contributed by atoms with Crippen LogP contribution in [0.5, 0.6) is 5.75 Å². The first kappa shape index (κ1) is 19.5. The van der Waals surface area contributed by atoms with Crippen molar-refractivity contribution in [3.63, 3.8) is 0 Å². The predicted molar refractivity (Wildman–Crippen MR) is 113 cm³/mol. The lowest BCUT2D eigenvalue weighted by molar-refractivity contribution is -0.915. The number of quaternary nitrogens is 1. The molecule has 2 aromatic rings. The average Bonchev–Trinajstić information content (AvgIpc) is 3.02. The van der Waals surface area contributed by atoms with Gasteiger partial charge in [0.2, 0.25) is 5.91 Å². The molecule has 4 rings (SSSR count). The second-order valence-corrected chi connectivity index (χ2v) is 7.96. The Balaban J connectivity index is 1.43. The Labute approximate surface area is 171 Å². The van der Waals surface area contributed by atoms with Crippen LogP contribution in [0.1, 0.15) is 17.5 Å². The molecule has 0 saturated carbocycles. The van der Waals surface area contributed by atoms with Crippen molar-refractivity contribution in [2.75, 3.05) is 43.1 Å². The van der Waals surface area contributed by atoms with Crippen molar-refractivity contribution in [1.29, 1.82) is 0 Å². The number of benzene rings is 2. The summed E-state index contributed by atoms with van der Waals surface area (Å²) in [5.74, 6) is 0.700. The lowest BCUT2D eigenvalue weighted by Gasteiger charge is -2.35. The Morgan fingerprint density at radius 1 is 1.00 bits per heavy atom.